The van der Waals surface area contributed by atoms with Crippen LogP contribution in [0.15, 0.2) is 48.6 Å². The molecule has 0 aromatic carbocycles. The number of rotatable bonds is 0. The Bertz CT molecular complexity index is 182. The van der Waals surface area contributed by atoms with E-state index in [0.29, 0.717) is 0 Å². The Morgan fingerprint density at radius 1 is 0.278 bits per heavy atom. The van der Waals surface area contributed by atoms with Gasteiger partial charge in [-0.15, -0.1) is 24.8 Å². The van der Waals surface area contributed by atoms with E-state index in [2.05, 4.69) is 48.6 Å². The van der Waals surface area contributed by atoms with Gasteiger partial charge >= 0.3 is 0 Å². The van der Waals surface area contributed by atoms with E-state index in [4.69, 9.17) is 0 Å². The third kappa shape index (κ3) is 13.6. The topological polar surface area (TPSA) is 0 Å². The maximum Gasteiger partial charge on any atom is -0.0316 e. The van der Waals surface area contributed by atoms with Gasteiger partial charge in [0.15, 0.2) is 0 Å². The molecule has 0 amide bonds. The third-order valence-electron chi connectivity index (χ3n) is 2.67. The molecule has 0 aromatic rings. The lowest BCUT2D eigenvalue weighted by Crippen LogP contribution is -1.71. The van der Waals surface area contributed by atoms with Crippen LogP contribution in [0.5, 0.6) is 0 Å². The van der Waals surface area contributed by atoms with Crippen molar-refractivity contribution in [3.8, 4) is 0 Å². The molecule has 2 heteroatoms. The predicted octanol–water partition coefficient (Wildman–Crippen LogP) is 6.19. The molecule has 0 spiro atoms. The van der Waals surface area contributed by atoms with E-state index in [1.54, 1.807) is 0 Å². The molecule has 0 bridgehead atoms. The summed E-state index contributed by atoms with van der Waals surface area (Å²) in [5, 5.41) is 0. The molecule has 0 atom stereocenters. The van der Waals surface area contributed by atoms with Crippen molar-refractivity contribution in [1.82, 2.24) is 0 Å². The minimum Gasteiger partial charge on any atom is -0.147 e. The Labute approximate surface area is 125 Å². The van der Waals surface area contributed by atoms with Crippen molar-refractivity contribution in [2.75, 3.05) is 0 Å². The van der Waals surface area contributed by atoms with Gasteiger partial charge in [0.25, 0.3) is 0 Å². The molecule has 0 N–H and O–H groups in total. The molecule has 0 aliphatic heterocycles. The van der Waals surface area contributed by atoms with Crippen molar-refractivity contribution in [3.05, 3.63) is 48.6 Å². The first-order valence-electron chi connectivity index (χ1n) is 6.60. The summed E-state index contributed by atoms with van der Waals surface area (Å²) in [7, 11) is 0. The first-order valence-corrected chi connectivity index (χ1v) is 6.60. The van der Waals surface area contributed by atoms with Crippen molar-refractivity contribution in [1.29, 1.82) is 0 Å². The molecule has 0 saturated carbocycles. The number of hydrogen-bond acceptors (Lipinski definition) is 0. The zero-order chi connectivity index (χ0) is 11.3. The van der Waals surface area contributed by atoms with Gasteiger partial charge in [-0.3, -0.25) is 0 Å². The number of allylic oxidation sites excluding steroid dienone is 8. The fraction of sp³-hybridized carbons (Fsp3) is 0.500. The second kappa shape index (κ2) is 16.5. The molecule has 0 heterocycles. The molecule has 2 aliphatic rings. The van der Waals surface area contributed by atoms with Crippen molar-refractivity contribution in [2.45, 2.75) is 51.4 Å². The van der Waals surface area contributed by atoms with Gasteiger partial charge in [-0.05, 0) is 51.4 Å². The third-order valence-corrected chi connectivity index (χ3v) is 2.67. The van der Waals surface area contributed by atoms with E-state index in [9.17, 15) is 0 Å². The highest BCUT2D eigenvalue weighted by atomic mass is 35.5. The molecule has 0 unspecified atom stereocenters. The lowest BCUT2D eigenvalue weighted by atomic mass is 10.1. The highest BCUT2D eigenvalue weighted by Gasteiger charge is 1.82. The number of halogens is 2. The zero-order valence-corrected chi connectivity index (χ0v) is 12.7. The smallest absolute Gasteiger partial charge is 0.0316 e. The van der Waals surface area contributed by atoms with E-state index in [1.807, 2.05) is 0 Å². The van der Waals surface area contributed by atoms with Crippen LogP contribution in [0.25, 0.3) is 0 Å². The highest BCUT2D eigenvalue weighted by Crippen LogP contribution is 2.03. The summed E-state index contributed by atoms with van der Waals surface area (Å²) in [6.45, 7) is 0. The van der Waals surface area contributed by atoms with Gasteiger partial charge < -0.3 is 0 Å². The fourth-order valence-corrected chi connectivity index (χ4v) is 1.71. The van der Waals surface area contributed by atoms with Gasteiger partial charge in [-0.1, -0.05) is 48.6 Å². The van der Waals surface area contributed by atoms with Gasteiger partial charge in [0.1, 0.15) is 0 Å². The molecule has 104 valence electrons. The Morgan fingerprint density at radius 3 is 0.500 bits per heavy atom. The second-order valence-corrected chi connectivity index (χ2v) is 4.20. The molecule has 0 fully saturated rings. The molecular weight excluding hydrogens is 263 g/mol. The summed E-state index contributed by atoms with van der Waals surface area (Å²) in [6.07, 6.45) is 28.0. The van der Waals surface area contributed by atoms with E-state index in [0.717, 1.165) is 0 Å². The standard InChI is InChI=1S/2C8H12.2ClH/c2*1-2-4-6-8-7-5-3-1;;/h2*1-2,7-8H,3-6H2;2*1H/b2*2-1-,8-7-;;. The van der Waals surface area contributed by atoms with E-state index >= 15 is 0 Å². The second-order valence-electron chi connectivity index (χ2n) is 4.20. The average molecular weight is 289 g/mol. The molecule has 2 aliphatic carbocycles. The Balaban J connectivity index is 0. The van der Waals surface area contributed by atoms with Crippen molar-refractivity contribution in [2.24, 2.45) is 0 Å². The zero-order valence-electron chi connectivity index (χ0n) is 11.1. The summed E-state index contributed by atoms with van der Waals surface area (Å²) in [5.41, 5.74) is 0. The molecule has 18 heavy (non-hydrogen) atoms. The maximum absolute atomic E-state index is 2.27. The molecule has 2 rings (SSSR count). The maximum atomic E-state index is 2.27. The summed E-state index contributed by atoms with van der Waals surface area (Å²) in [4.78, 5) is 0. The van der Waals surface area contributed by atoms with Crippen molar-refractivity contribution in [3.63, 3.8) is 0 Å². The van der Waals surface area contributed by atoms with Crippen molar-refractivity contribution >= 4 is 24.8 Å². The summed E-state index contributed by atoms with van der Waals surface area (Å²) < 4.78 is 0. The Hall–Kier alpha value is -0.460. The van der Waals surface area contributed by atoms with Gasteiger partial charge in [0.05, 0.1) is 0 Å². The van der Waals surface area contributed by atoms with Crippen LogP contribution in [-0.2, 0) is 0 Å². The van der Waals surface area contributed by atoms with E-state index in [-0.39, 0.29) is 24.8 Å². The lowest BCUT2D eigenvalue weighted by molar-refractivity contribution is 0.962. The minimum atomic E-state index is 0. The van der Waals surface area contributed by atoms with Gasteiger partial charge in [-0.2, -0.15) is 0 Å². The molecule has 0 radical (unpaired) electrons. The quantitative estimate of drug-likeness (QED) is 0.466. The van der Waals surface area contributed by atoms with E-state index < -0.39 is 0 Å². The first-order chi connectivity index (χ1) is 8.00. The molecule has 0 aromatic heterocycles. The minimum absolute atomic E-state index is 0. The largest absolute Gasteiger partial charge is 0.147 e. The van der Waals surface area contributed by atoms with Gasteiger partial charge in [0.2, 0.25) is 0 Å². The van der Waals surface area contributed by atoms with Crippen LogP contribution in [0.3, 0.4) is 0 Å². The summed E-state index contributed by atoms with van der Waals surface area (Å²) >= 11 is 0. The van der Waals surface area contributed by atoms with Crippen LogP contribution in [0, 0.1) is 0 Å². The monoisotopic (exact) mass is 288 g/mol. The molecular formula is C16H26Cl2. The van der Waals surface area contributed by atoms with Crippen LogP contribution in [0.2, 0.25) is 0 Å². The molecule has 0 saturated heterocycles. The average Bonchev–Trinajstić information content (AvgIpc) is 2.15. The fourth-order valence-electron chi connectivity index (χ4n) is 1.71. The normalized spacial score (nSPS) is 24.9. The van der Waals surface area contributed by atoms with Crippen LogP contribution >= 0.6 is 24.8 Å². The van der Waals surface area contributed by atoms with Crippen LogP contribution < -0.4 is 0 Å². The molecule has 0 nitrogen and oxygen atoms in total. The van der Waals surface area contributed by atoms with Crippen LogP contribution in [-0.4, -0.2) is 0 Å². The summed E-state index contributed by atoms with van der Waals surface area (Å²) in [5.74, 6) is 0. The SMILES string of the molecule is C1=C\CC/C=C\CC/1.C1=C\CC/C=C\CC/1.Cl.Cl. The summed E-state index contributed by atoms with van der Waals surface area (Å²) in [6, 6.07) is 0. The lowest BCUT2D eigenvalue weighted by Gasteiger charge is -1.92. The Morgan fingerprint density at radius 2 is 0.389 bits per heavy atom. The van der Waals surface area contributed by atoms with E-state index in [1.165, 1.54) is 51.4 Å². The van der Waals surface area contributed by atoms with Crippen molar-refractivity contribution < 1.29 is 0 Å². The Kier molecular flexibility index (Phi) is 18.3. The van der Waals surface area contributed by atoms with Crippen LogP contribution in [0.1, 0.15) is 51.4 Å². The first kappa shape index (κ1) is 19.9. The van der Waals surface area contributed by atoms with Crippen LogP contribution in [0.4, 0.5) is 0 Å². The van der Waals surface area contributed by atoms with Gasteiger partial charge in [0, 0.05) is 0 Å². The van der Waals surface area contributed by atoms with Gasteiger partial charge in [-0.25, -0.2) is 0 Å². The number of hydrogen-bond donors (Lipinski definition) is 0. The predicted molar refractivity (Wildman–Crippen MR) is 88.0 cm³/mol. The highest BCUT2D eigenvalue weighted by molar-refractivity contribution is 5.85.